The summed E-state index contributed by atoms with van der Waals surface area (Å²) in [5.74, 6) is 1.39. The van der Waals surface area contributed by atoms with E-state index in [1.54, 1.807) is 0 Å². The van der Waals surface area contributed by atoms with Gasteiger partial charge in [-0.15, -0.1) is 0 Å². The van der Waals surface area contributed by atoms with Gasteiger partial charge < -0.3 is 14.2 Å². The molecule has 31 heavy (non-hydrogen) atoms. The van der Waals surface area contributed by atoms with E-state index in [2.05, 4.69) is 20.3 Å². The van der Waals surface area contributed by atoms with Crippen molar-refractivity contribution in [3.8, 4) is 11.5 Å². The molecule has 4 rings (SSSR count). The molecule has 0 spiro atoms. The summed E-state index contributed by atoms with van der Waals surface area (Å²) < 4.78 is 11.3. The van der Waals surface area contributed by atoms with Crippen molar-refractivity contribution in [1.82, 2.24) is 25.2 Å². The van der Waals surface area contributed by atoms with Crippen LogP contribution in [0.15, 0.2) is 34.9 Å². The summed E-state index contributed by atoms with van der Waals surface area (Å²) in [6, 6.07) is 9.73. The normalized spacial score (nSPS) is 14.8. The molecule has 164 valence electrons. The molecule has 8 nitrogen and oxygen atoms in total. The van der Waals surface area contributed by atoms with E-state index in [0.29, 0.717) is 31.2 Å². The predicted molar refractivity (Wildman–Crippen MR) is 115 cm³/mol. The zero-order valence-corrected chi connectivity index (χ0v) is 18.1. The van der Waals surface area contributed by atoms with E-state index in [9.17, 15) is 4.79 Å². The minimum absolute atomic E-state index is 0.169. The summed E-state index contributed by atoms with van der Waals surface area (Å²) in [6.45, 7) is 6.01. The first-order chi connectivity index (χ1) is 15.1. The number of ether oxygens (including phenoxy) is 1. The van der Waals surface area contributed by atoms with Crippen molar-refractivity contribution in [2.45, 2.75) is 52.1 Å². The predicted octanol–water partition coefficient (Wildman–Crippen LogP) is 3.26. The Morgan fingerprint density at radius 1 is 1.19 bits per heavy atom. The molecule has 1 aliphatic heterocycles. The number of nitrogens with zero attached hydrogens (tertiary/aromatic N) is 4. The Balaban J connectivity index is 1.16. The highest BCUT2D eigenvalue weighted by Crippen LogP contribution is 2.19. The number of benzene rings is 1. The van der Waals surface area contributed by atoms with Crippen molar-refractivity contribution in [3.63, 3.8) is 0 Å². The standard InChI is InChI=1S/C23H29N5O3/c1-16-20(17(2)26-25-16)8-9-22(29)28-13-10-19(11-14-28)30-15-12-21-24-23(31-27-21)18-6-4-3-5-7-18/h3-7,19H,8-15H2,1-2H3,(H,25,26). The number of carbonyl (C=O) groups excluding carboxylic acids is 1. The molecule has 2 aromatic heterocycles. The van der Waals surface area contributed by atoms with Gasteiger partial charge in [0.05, 0.1) is 18.4 Å². The van der Waals surface area contributed by atoms with E-state index >= 15 is 0 Å². The van der Waals surface area contributed by atoms with Gasteiger partial charge >= 0.3 is 0 Å². The van der Waals surface area contributed by atoms with Gasteiger partial charge in [0.15, 0.2) is 5.82 Å². The van der Waals surface area contributed by atoms with Crippen molar-refractivity contribution < 1.29 is 14.1 Å². The number of carbonyl (C=O) groups is 1. The lowest BCUT2D eigenvalue weighted by Gasteiger charge is -2.32. The first-order valence-corrected chi connectivity index (χ1v) is 10.9. The van der Waals surface area contributed by atoms with Crippen molar-refractivity contribution in [1.29, 1.82) is 0 Å². The third-order valence-corrected chi connectivity index (χ3v) is 5.83. The number of aromatic amines is 1. The van der Waals surface area contributed by atoms with Gasteiger partial charge in [-0.1, -0.05) is 23.4 Å². The number of rotatable bonds is 8. The zero-order valence-electron chi connectivity index (χ0n) is 18.1. The van der Waals surface area contributed by atoms with Crippen LogP contribution >= 0.6 is 0 Å². The van der Waals surface area contributed by atoms with Crippen molar-refractivity contribution in [3.05, 3.63) is 53.1 Å². The molecule has 3 aromatic rings. The van der Waals surface area contributed by atoms with Gasteiger partial charge in [-0.2, -0.15) is 10.1 Å². The second kappa shape index (κ2) is 9.87. The van der Waals surface area contributed by atoms with Crippen LogP contribution < -0.4 is 0 Å². The van der Waals surface area contributed by atoms with Crippen LogP contribution in [-0.2, 0) is 22.4 Å². The molecule has 1 fully saturated rings. The molecule has 3 heterocycles. The van der Waals surface area contributed by atoms with Crippen molar-refractivity contribution >= 4 is 5.91 Å². The Kier molecular flexibility index (Phi) is 6.76. The lowest BCUT2D eigenvalue weighted by molar-refractivity contribution is -0.133. The van der Waals surface area contributed by atoms with Crippen LogP contribution in [0.2, 0.25) is 0 Å². The third-order valence-electron chi connectivity index (χ3n) is 5.83. The van der Waals surface area contributed by atoms with E-state index in [4.69, 9.17) is 9.26 Å². The molecule has 0 bridgehead atoms. The Labute approximate surface area is 182 Å². The van der Waals surface area contributed by atoms with Crippen LogP contribution in [0.4, 0.5) is 0 Å². The number of aryl methyl sites for hydroxylation is 2. The maximum Gasteiger partial charge on any atom is 0.257 e. The fourth-order valence-corrected chi connectivity index (χ4v) is 3.97. The smallest absolute Gasteiger partial charge is 0.257 e. The fourth-order valence-electron chi connectivity index (χ4n) is 3.97. The van der Waals surface area contributed by atoms with Gasteiger partial charge in [0, 0.05) is 37.2 Å². The number of hydrogen-bond donors (Lipinski definition) is 1. The molecule has 1 saturated heterocycles. The summed E-state index contributed by atoms with van der Waals surface area (Å²) in [5, 5.41) is 11.2. The Hall–Kier alpha value is -3.00. The highest BCUT2D eigenvalue weighted by molar-refractivity contribution is 5.76. The highest BCUT2D eigenvalue weighted by atomic mass is 16.5. The summed E-state index contributed by atoms with van der Waals surface area (Å²) >= 11 is 0. The molecule has 1 aliphatic rings. The molecular weight excluding hydrogens is 394 g/mol. The number of nitrogens with one attached hydrogen (secondary N) is 1. The summed E-state index contributed by atoms with van der Waals surface area (Å²) in [7, 11) is 0. The molecule has 0 unspecified atom stereocenters. The first kappa shape index (κ1) is 21.2. The van der Waals surface area contributed by atoms with E-state index in [0.717, 1.165) is 54.9 Å². The number of piperidine rings is 1. The molecule has 0 radical (unpaired) electrons. The van der Waals surface area contributed by atoms with Gasteiger partial charge in [-0.3, -0.25) is 9.89 Å². The topological polar surface area (TPSA) is 97.1 Å². The van der Waals surface area contributed by atoms with Gasteiger partial charge in [-0.05, 0) is 50.8 Å². The Bertz CT molecular complexity index is 970. The molecule has 0 aliphatic carbocycles. The number of likely N-dealkylation sites (tertiary alicyclic amines) is 1. The van der Waals surface area contributed by atoms with Crippen molar-refractivity contribution in [2.75, 3.05) is 19.7 Å². The Morgan fingerprint density at radius 3 is 2.68 bits per heavy atom. The van der Waals surface area contributed by atoms with Crippen LogP contribution in [0.25, 0.3) is 11.5 Å². The number of aromatic nitrogens is 4. The molecule has 1 aromatic carbocycles. The lowest BCUT2D eigenvalue weighted by atomic mass is 10.0. The molecule has 0 atom stereocenters. The average molecular weight is 424 g/mol. The quantitative estimate of drug-likeness (QED) is 0.597. The molecule has 1 amide bonds. The van der Waals surface area contributed by atoms with Crippen molar-refractivity contribution in [2.24, 2.45) is 0 Å². The molecule has 0 saturated carbocycles. The SMILES string of the molecule is Cc1n[nH]c(C)c1CCC(=O)N1CCC(OCCc2noc(-c3ccccc3)n2)CC1. The second-order valence-corrected chi connectivity index (χ2v) is 8.00. The third kappa shape index (κ3) is 5.38. The van der Waals surface area contributed by atoms with Crippen LogP contribution in [-0.4, -0.2) is 56.9 Å². The van der Waals surface area contributed by atoms with E-state index in [-0.39, 0.29) is 12.0 Å². The van der Waals surface area contributed by atoms with Gasteiger partial charge in [0.25, 0.3) is 5.89 Å². The highest BCUT2D eigenvalue weighted by Gasteiger charge is 2.23. The monoisotopic (exact) mass is 423 g/mol. The summed E-state index contributed by atoms with van der Waals surface area (Å²) in [6.07, 6.45) is 3.75. The van der Waals surface area contributed by atoms with Gasteiger partial charge in [-0.25, -0.2) is 0 Å². The maximum atomic E-state index is 12.6. The molecular formula is C23H29N5O3. The van der Waals surface area contributed by atoms with Crippen LogP contribution in [0.3, 0.4) is 0 Å². The van der Waals surface area contributed by atoms with Gasteiger partial charge in [0.2, 0.25) is 5.91 Å². The summed E-state index contributed by atoms with van der Waals surface area (Å²) in [4.78, 5) is 19.0. The number of H-pyrrole nitrogens is 1. The Morgan fingerprint density at radius 2 is 1.97 bits per heavy atom. The zero-order chi connectivity index (χ0) is 21.6. The second-order valence-electron chi connectivity index (χ2n) is 8.00. The number of hydrogen-bond acceptors (Lipinski definition) is 6. The average Bonchev–Trinajstić information content (AvgIpc) is 3.40. The van der Waals surface area contributed by atoms with Crippen LogP contribution in [0.5, 0.6) is 0 Å². The summed E-state index contributed by atoms with van der Waals surface area (Å²) in [5.41, 5.74) is 4.10. The largest absolute Gasteiger partial charge is 0.378 e. The fraction of sp³-hybridized carbons (Fsp3) is 0.478. The first-order valence-electron chi connectivity index (χ1n) is 10.9. The molecule has 1 N–H and O–H groups in total. The maximum absolute atomic E-state index is 12.6. The van der Waals surface area contributed by atoms with E-state index in [1.165, 1.54) is 0 Å². The van der Waals surface area contributed by atoms with Crippen LogP contribution in [0, 0.1) is 13.8 Å². The van der Waals surface area contributed by atoms with E-state index in [1.807, 2.05) is 49.1 Å². The minimum atomic E-state index is 0.169. The lowest BCUT2D eigenvalue weighted by Crippen LogP contribution is -2.41. The minimum Gasteiger partial charge on any atom is -0.378 e. The molecule has 8 heteroatoms. The van der Waals surface area contributed by atoms with Gasteiger partial charge in [0.1, 0.15) is 0 Å². The van der Waals surface area contributed by atoms with E-state index < -0.39 is 0 Å². The van der Waals surface area contributed by atoms with Crippen LogP contribution in [0.1, 0.15) is 42.0 Å². The number of amides is 1.